The van der Waals surface area contributed by atoms with Gasteiger partial charge in [0.15, 0.2) is 0 Å². The Balaban J connectivity index is 2.59. The number of likely N-dealkylation sites (tertiary alicyclic amines) is 1. The second kappa shape index (κ2) is 4.42. The lowest BCUT2D eigenvalue weighted by Gasteiger charge is -2.31. The van der Waals surface area contributed by atoms with Crippen LogP contribution in [0.2, 0.25) is 0 Å². The van der Waals surface area contributed by atoms with E-state index in [0.29, 0.717) is 12.0 Å². The van der Waals surface area contributed by atoms with Crippen LogP contribution in [0, 0.1) is 5.92 Å². The van der Waals surface area contributed by atoms with E-state index in [4.69, 9.17) is 0 Å². The van der Waals surface area contributed by atoms with Crippen molar-refractivity contribution in [1.82, 2.24) is 10.2 Å². The van der Waals surface area contributed by atoms with Crippen molar-refractivity contribution in [3.05, 3.63) is 0 Å². The van der Waals surface area contributed by atoms with Crippen LogP contribution in [0.1, 0.15) is 47.5 Å². The first kappa shape index (κ1) is 12.3. The van der Waals surface area contributed by atoms with Crippen molar-refractivity contribution in [2.75, 3.05) is 6.54 Å². The Bertz CT molecular complexity index is 230. The van der Waals surface area contributed by atoms with E-state index in [-0.39, 0.29) is 11.6 Å². The number of carbonyl (C=O) groups is 1. The molecule has 1 atom stereocenters. The molecule has 3 heteroatoms. The van der Waals surface area contributed by atoms with Gasteiger partial charge in [-0.25, -0.2) is 4.79 Å². The summed E-state index contributed by atoms with van der Waals surface area (Å²) in [5.41, 5.74) is -0.138. The van der Waals surface area contributed by atoms with Crippen molar-refractivity contribution in [3.63, 3.8) is 0 Å². The van der Waals surface area contributed by atoms with E-state index in [1.807, 2.05) is 25.7 Å². The van der Waals surface area contributed by atoms with Crippen molar-refractivity contribution in [2.45, 2.75) is 59.0 Å². The minimum Gasteiger partial charge on any atom is -0.333 e. The van der Waals surface area contributed by atoms with Gasteiger partial charge in [0.25, 0.3) is 0 Å². The maximum atomic E-state index is 12.0. The molecule has 1 fully saturated rings. The minimum absolute atomic E-state index is 0.0960. The van der Waals surface area contributed by atoms with Gasteiger partial charge in [0.05, 0.1) is 0 Å². The summed E-state index contributed by atoms with van der Waals surface area (Å²) in [7, 11) is 0. The van der Waals surface area contributed by atoms with Crippen LogP contribution in [0.5, 0.6) is 0 Å². The van der Waals surface area contributed by atoms with E-state index >= 15 is 0 Å². The zero-order chi connectivity index (χ0) is 11.6. The fourth-order valence-corrected chi connectivity index (χ4v) is 2.13. The molecule has 15 heavy (non-hydrogen) atoms. The summed E-state index contributed by atoms with van der Waals surface area (Å²) in [6, 6.07) is 0.519. The Morgan fingerprint density at radius 3 is 2.47 bits per heavy atom. The van der Waals surface area contributed by atoms with Crippen LogP contribution >= 0.6 is 0 Å². The molecule has 0 saturated carbocycles. The number of hydrogen-bond acceptors (Lipinski definition) is 1. The van der Waals surface area contributed by atoms with E-state index in [2.05, 4.69) is 19.2 Å². The minimum atomic E-state index is -0.138. The van der Waals surface area contributed by atoms with Crippen molar-refractivity contribution in [1.29, 1.82) is 0 Å². The topological polar surface area (TPSA) is 32.3 Å². The van der Waals surface area contributed by atoms with Gasteiger partial charge in [-0.1, -0.05) is 13.8 Å². The van der Waals surface area contributed by atoms with Gasteiger partial charge in [0, 0.05) is 18.1 Å². The average molecular weight is 212 g/mol. The summed E-state index contributed by atoms with van der Waals surface area (Å²) in [5.74, 6) is 0.554. The first-order chi connectivity index (χ1) is 6.81. The fourth-order valence-electron chi connectivity index (χ4n) is 2.13. The molecule has 0 radical (unpaired) electrons. The lowest BCUT2D eigenvalue weighted by atomic mass is 10.0. The first-order valence-electron chi connectivity index (χ1n) is 5.90. The number of urea groups is 1. The zero-order valence-electron chi connectivity index (χ0n) is 10.6. The van der Waals surface area contributed by atoms with Gasteiger partial charge in [0.1, 0.15) is 0 Å². The summed E-state index contributed by atoms with van der Waals surface area (Å²) in [6.07, 6.45) is 2.29. The quantitative estimate of drug-likeness (QED) is 0.712. The van der Waals surface area contributed by atoms with E-state index in [0.717, 1.165) is 19.4 Å². The molecule has 1 N–H and O–H groups in total. The molecule has 0 aromatic carbocycles. The van der Waals surface area contributed by atoms with Crippen LogP contribution in [-0.2, 0) is 0 Å². The standard InChI is InChI=1S/C12H24N2O/c1-9(2)10-7-6-8-14(10)11(15)13-12(3,4)5/h9-10H,6-8H2,1-5H3,(H,13,15). The molecule has 1 rings (SSSR count). The Morgan fingerprint density at radius 1 is 1.40 bits per heavy atom. The fraction of sp³-hybridized carbons (Fsp3) is 0.917. The molecule has 0 aromatic heterocycles. The first-order valence-corrected chi connectivity index (χ1v) is 5.90. The Labute approximate surface area is 93.2 Å². The van der Waals surface area contributed by atoms with Gasteiger partial charge < -0.3 is 10.2 Å². The van der Waals surface area contributed by atoms with Crippen LogP contribution in [0.4, 0.5) is 4.79 Å². The normalized spacial score (nSPS) is 22.3. The highest BCUT2D eigenvalue weighted by Crippen LogP contribution is 2.23. The number of amides is 2. The maximum Gasteiger partial charge on any atom is 0.318 e. The SMILES string of the molecule is CC(C)C1CCCN1C(=O)NC(C)(C)C. The smallest absolute Gasteiger partial charge is 0.318 e. The lowest BCUT2D eigenvalue weighted by molar-refractivity contribution is 0.170. The predicted molar refractivity (Wildman–Crippen MR) is 62.9 cm³/mol. The molecule has 1 aliphatic rings. The lowest BCUT2D eigenvalue weighted by Crippen LogP contribution is -2.51. The summed E-state index contributed by atoms with van der Waals surface area (Å²) >= 11 is 0. The molecular weight excluding hydrogens is 188 g/mol. The van der Waals surface area contributed by atoms with Crippen LogP contribution in [0.15, 0.2) is 0 Å². The molecule has 0 spiro atoms. The van der Waals surface area contributed by atoms with E-state index in [1.54, 1.807) is 0 Å². The molecule has 1 unspecified atom stereocenters. The second-order valence-corrected chi connectivity index (χ2v) is 5.83. The highest BCUT2D eigenvalue weighted by Gasteiger charge is 2.31. The van der Waals surface area contributed by atoms with Crippen LogP contribution in [0.25, 0.3) is 0 Å². The Hall–Kier alpha value is -0.730. The van der Waals surface area contributed by atoms with Crippen molar-refractivity contribution >= 4 is 6.03 Å². The molecule has 2 amide bonds. The number of rotatable bonds is 1. The highest BCUT2D eigenvalue weighted by atomic mass is 16.2. The highest BCUT2D eigenvalue weighted by molar-refractivity contribution is 5.75. The third kappa shape index (κ3) is 3.40. The third-order valence-corrected chi connectivity index (χ3v) is 2.81. The summed E-state index contributed by atoms with van der Waals surface area (Å²) in [5, 5.41) is 3.03. The van der Waals surface area contributed by atoms with Gasteiger partial charge in [-0.2, -0.15) is 0 Å². The van der Waals surface area contributed by atoms with Gasteiger partial charge in [0.2, 0.25) is 0 Å². The molecule has 0 bridgehead atoms. The second-order valence-electron chi connectivity index (χ2n) is 5.83. The maximum absolute atomic E-state index is 12.0. The van der Waals surface area contributed by atoms with Gasteiger partial charge in [-0.15, -0.1) is 0 Å². The van der Waals surface area contributed by atoms with E-state index < -0.39 is 0 Å². The zero-order valence-corrected chi connectivity index (χ0v) is 10.6. The summed E-state index contributed by atoms with van der Waals surface area (Å²) < 4.78 is 0. The molecule has 0 aliphatic carbocycles. The van der Waals surface area contributed by atoms with Crippen molar-refractivity contribution in [2.24, 2.45) is 5.92 Å². The number of hydrogen-bond donors (Lipinski definition) is 1. The number of nitrogens with one attached hydrogen (secondary N) is 1. The third-order valence-electron chi connectivity index (χ3n) is 2.81. The Morgan fingerprint density at radius 2 is 2.00 bits per heavy atom. The Kier molecular flexibility index (Phi) is 3.63. The van der Waals surface area contributed by atoms with E-state index in [9.17, 15) is 4.79 Å². The molecule has 88 valence electrons. The van der Waals surface area contributed by atoms with Gasteiger partial charge in [-0.3, -0.25) is 0 Å². The molecule has 1 heterocycles. The summed E-state index contributed by atoms with van der Waals surface area (Å²) in [6.45, 7) is 11.3. The van der Waals surface area contributed by atoms with Crippen LogP contribution in [-0.4, -0.2) is 29.1 Å². The largest absolute Gasteiger partial charge is 0.333 e. The molecule has 1 aliphatic heterocycles. The number of nitrogens with zero attached hydrogens (tertiary/aromatic N) is 1. The molecule has 0 aromatic rings. The van der Waals surface area contributed by atoms with Crippen LogP contribution in [0.3, 0.4) is 0 Å². The predicted octanol–water partition coefficient (Wildman–Crippen LogP) is 2.61. The van der Waals surface area contributed by atoms with Gasteiger partial charge in [-0.05, 0) is 39.5 Å². The summed E-state index contributed by atoms with van der Waals surface area (Å²) in [4.78, 5) is 14.0. The monoisotopic (exact) mass is 212 g/mol. The van der Waals surface area contributed by atoms with Gasteiger partial charge >= 0.3 is 6.03 Å². The van der Waals surface area contributed by atoms with Crippen molar-refractivity contribution in [3.8, 4) is 0 Å². The number of carbonyl (C=O) groups excluding carboxylic acids is 1. The molecule has 3 nitrogen and oxygen atoms in total. The van der Waals surface area contributed by atoms with Crippen molar-refractivity contribution < 1.29 is 4.79 Å². The van der Waals surface area contributed by atoms with E-state index in [1.165, 1.54) is 0 Å². The molecular formula is C12H24N2O. The average Bonchev–Trinajstić information content (AvgIpc) is 2.47. The molecule has 1 saturated heterocycles. The van der Waals surface area contributed by atoms with Crippen LogP contribution < -0.4 is 5.32 Å².